The lowest BCUT2D eigenvalue weighted by molar-refractivity contribution is -0.121. The number of rotatable bonds is 4. The molecule has 0 saturated heterocycles. The van der Waals surface area contributed by atoms with Gasteiger partial charge in [0, 0.05) is 22.7 Å². The minimum Gasteiger partial charge on any atom is -0.349 e. The number of amides is 1. The normalized spacial score (nSPS) is 12.5. The number of thiophene rings is 1. The third-order valence-electron chi connectivity index (χ3n) is 1.94. The number of aryl methyl sites for hydroxylation is 1. The second kappa shape index (κ2) is 5.12. The summed E-state index contributed by atoms with van der Waals surface area (Å²) in [6.45, 7) is 4.45. The molecule has 1 aromatic heterocycles. The van der Waals surface area contributed by atoms with Crippen LogP contribution in [0.15, 0.2) is 12.1 Å². The van der Waals surface area contributed by atoms with Crippen LogP contribution in [0.5, 0.6) is 0 Å². The van der Waals surface area contributed by atoms with Crippen molar-refractivity contribution in [1.82, 2.24) is 5.32 Å². The highest BCUT2D eigenvalue weighted by Crippen LogP contribution is 2.22. The van der Waals surface area contributed by atoms with E-state index < -0.39 is 0 Å². The molecule has 0 aliphatic rings. The van der Waals surface area contributed by atoms with E-state index in [1.165, 1.54) is 9.75 Å². The van der Waals surface area contributed by atoms with Crippen LogP contribution < -0.4 is 11.1 Å². The Hall–Kier alpha value is -0.870. The van der Waals surface area contributed by atoms with Gasteiger partial charge >= 0.3 is 0 Å². The lowest BCUT2D eigenvalue weighted by Gasteiger charge is -2.11. The van der Waals surface area contributed by atoms with Gasteiger partial charge in [0.15, 0.2) is 0 Å². The molecule has 0 aromatic carbocycles. The summed E-state index contributed by atoms with van der Waals surface area (Å²) in [7, 11) is 0. The highest BCUT2D eigenvalue weighted by atomic mass is 32.1. The Labute approximate surface area is 88.3 Å². The molecule has 1 unspecified atom stereocenters. The van der Waals surface area contributed by atoms with Gasteiger partial charge < -0.3 is 11.1 Å². The molecule has 14 heavy (non-hydrogen) atoms. The van der Waals surface area contributed by atoms with Crippen LogP contribution in [-0.2, 0) is 4.79 Å². The predicted molar refractivity (Wildman–Crippen MR) is 59.3 cm³/mol. The number of hydrogen-bond donors (Lipinski definition) is 2. The monoisotopic (exact) mass is 212 g/mol. The molecule has 0 saturated carbocycles. The molecule has 0 fully saturated rings. The summed E-state index contributed by atoms with van der Waals surface area (Å²) in [6, 6.07) is 4.20. The topological polar surface area (TPSA) is 55.1 Å². The fourth-order valence-corrected chi connectivity index (χ4v) is 2.08. The van der Waals surface area contributed by atoms with Crippen molar-refractivity contribution in [2.75, 3.05) is 6.54 Å². The number of hydrogen-bond acceptors (Lipinski definition) is 3. The second-order valence-electron chi connectivity index (χ2n) is 3.28. The molecule has 1 amide bonds. The van der Waals surface area contributed by atoms with Gasteiger partial charge in [0.2, 0.25) is 5.91 Å². The van der Waals surface area contributed by atoms with E-state index in [1.54, 1.807) is 11.3 Å². The average molecular weight is 212 g/mol. The highest BCUT2D eigenvalue weighted by Gasteiger charge is 2.09. The van der Waals surface area contributed by atoms with E-state index in [0.29, 0.717) is 13.0 Å². The highest BCUT2D eigenvalue weighted by molar-refractivity contribution is 7.12. The van der Waals surface area contributed by atoms with Crippen LogP contribution in [0.2, 0.25) is 0 Å². The summed E-state index contributed by atoms with van der Waals surface area (Å²) in [5.74, 6) is 0.0195. The molecule has 3 nitrogen and oxygen atoms in total. The molecule has 0 bridgehead atoms. The van der Waals surface area contributed by atoms with Crippen LogP contribution in [0, 0.1) is 6.92 Å². The Morgan fingerprint density at radius 1 is 1.64 bits per heavy atom. The molecule has 4 heteroatoms. The lowest BCUT2D eigenvalue weighted by atomic mass is 10.2. The summed E-state index contributed by atoms with van der Waals surface area (Å²) >= 11 is 1.71. The summed E-state index contributed by atoms with van der Waals surface area (Å²) in [5.41, 5.74) is 5.29. The smallest absolute Gasteiger partial charge is 0.221 e. The standard InChI is InChI=1S/C10H16N2OS/c1-7-3-4-9(14-7)8(2)12-10(13)5-6-11/h3-4,8H,5-6,11H2,1-2H3,(H,12,13). The maximum absolute atomic E-state index is 11.2. The van der Waals surface area contributed by atoms with Crippen LogP contribution in [-0.4, -0.2) is 12.5 Å². The Kier molecular flexibility index (Phi) is 4.10. The van der Waals surface area contributed by atoms with Crippen molar-refractivity contribution < 1.29 is 4.79 Å². The van der Waals surface area contributed by atoms with Crippen LogP contribution >= 0.6 is 11.3 Å². The summed E-state index contributed by atoms with van der Waals surface area (Å²) in [4.78, 5) is 13.7. The molecule has 1 aromatic rings. The van der Waals surface area contributed by atoms with Crippen molar-refractivity contribution in [3.05, 3.63) is 21.9 Å². The molecule has 0 aliphatic carbocycles. The van der Waals surface area contributed by atoms with Gasteiger partial charge in [-0.25, -0.2) is 0 Å². The lowest BCUT2D eigenvalue weighted by Crippen LogP contribution is -2.27. The predicted octanol–water partition coefficient (Wildman–Crippen LogP) is 1.58. The Morgan fingerprint density at radius 3 is 2.86 bits per heavy atom. The zero-order chi connectivity index (χ0) is 10.6. The molecular formula is C10H16N2OS. The summed E-state index contributed by atoms with van der Waals surface area (Å²) < 4.78 is 0. The van der Waals surface area contributed by atoms with Gasteiger partial charge in [0.05, 0.1) is 6.04 Å². The molecule has 0 radical (unpaired) electrons. The minimum atomic E-state index is 0.0195. The number of carbonyl (C=O) groups excluding carboxylic acids is 1. The number of nitrogens with one attached hydrogen (secondary N) is 1. The number of nitrogens with two attached hydrogens (primary N) is 1. The quantitative estimate of drug-likeness (QED) is 0.796. The van der Waals surface area contributed by atoms with Crippen LogP contribution in [0.4, 0.5) is 0 Å². The van der Waals surface area contributed by atoms with Crippen molar-refractivity contribution in [2.24, 2.45) is 5.73 Å². The van der Waals surface area contributed by atoms with Crippen molar-refractivity contribution in [3.63, 3.8) is 0 Å². The molecule has 1 heterocycles. The van der Waals surface area contributed by atoms with E-state index >= 15 is 0 Å². The van der Waals surface area contributed by atoms with Crippen molar-refractivity contribution >= 4 is 17.2 Å². The summed E-state index contributed by atoms with van der Waals surface area (Å²) in [5, 5.41) is 2.90. The van der Waals surface area contributed by atoms with Crippen molar-refractivity contribution in [1.29, 1.82) is 0 Å². The zero-order valence-corrected chi connectivity index (χ0v) is 9.36. The Balaban J connectivity index is 2.50. The van der Waals surface area contributed by atoms with Crippen molar-refractivity contribution in [2.45, 2.75) is 26.3 Å². The van der Waals surface area contributed by atoms with E-state index in [-0.39, 0.29) is 11.9 Å². The first-order valence-corrected chi connectivity index (χ1v) is 5.51. The van der Waals surface area contributed by atoms with Gasteiger partial charge in [-0.15, -0.1) is 11.3 Å². The van der Waals surface area contributed by atoms with Gasteiger partial charge in [0.25, 0.3) is 0 Å². The SMILES string of the molecule is Cc1ccc(C(C)NC(=O)CCN)s1. The van der Waals surface area contributed by atoms with E-state index in [4.69, 9.17) is 5.73 Å². The maximum atomic E-state index is 11.2. The Morgan fingerprint density at radius 2 is 2.36 bits per heavy atom. The number of carbonyl (C=O) groups is 1. The first-order chi connectivity index (χ1) is 6.63. The third-order valence-corrected chi connectivity index (χ3v) is 3.12. The largest absolute Gasteiger partial charge is 0.349 e. The van der Waals surface area contributed by atoms with Crippen LogP contribution in [0.1, 0.15) is 29.1 Å². The molecule has 0 spiro atoms. The first-order valence-electron chi connectivity index (χ1n) is 4.69. The molecule has 0 aliphatic heterocycles. The van der Waals surface area contributed by atoms with E-state index in [2.05, 4.69) is 18.3 Å². The van der Waals surface area contributed by atoms with E-state index in [1.807, 2.05) is 13.0 Å². The van der Waals surface area contributed by atoms with Gasteiger partial charge in [-0.1, -0.05) is 0 Å². The van der Waals surface area contributed by atoms with E-state index in [0.717, 1.165) is 0 Å². The average Bonchev–Trinajstić information content (AvgIpc) is 2.52. The molecular weight excluding hydrogens is 196 g/mol. The fourth-order valence-electron chi connectivity index (χ4n) is 1.20. The van der Waals surface area contributed by atoms with Crippen LogP contribution in [0.25, 0.3) is 0 Å². The fraction of sp³-hybridized carbons (Fsp3) is 0.500. The van der Waals surface area contributed by atoms with Gasteiger partial charge in [-0.05, 0) is 26.0 Å². The van der Waals surface area contributed by atoms with Gasteiger partial charge in [-0.3, -0.25) is 4.79 Å². The zero-order valence-electron chi connectivity index (χ0n) is 8.54. The molecule has 78 valence electrons. The third kappa shape index (κ3) is 3.12. The first kappa shape index (κ1) is 11.2. The van der Waals surface area contributed by atoms with Crippen LogP contribution in [0.3, 0.4) is 0 Å². The maximum Gasteiger partial charge on any atom is 0.221 e. The van der Waals surface area contributed by atoms with Gasteiger partial charge in [-0.2, -0.15) is 0 Å². The molecule has 3 N–H and O–H groups in total. The summed E-state index contributed by atoms with van der Waals surface area (Å²) in [6.07, 6.45) is 0.398. The minimum absolute atomic E-state index is 0.0195. The Bertz CT molecular complexity index is 309. The second-order valence-corrected chi connectivity index (χ2v) is 4.60. The van der Waals surface area contributed by atoms with Gasteiger partial charge in [0.1, 0.15) is 0 Å². The van der Waals surface area contributed by atoms with E-state index in [9.17, 15) is 4.79 Å². The van der Waals surface area contributed by atoms with Crippen molar-refractivity contribution in [3.8, 4) is 0 Å². The molecule has 1 rings (SSSR count). The molecule has 1 atom stereocenters.